The number of fused-ring (bicyclic) bond motifs is 1. The molecule has 2 N–H and O–H groups in total. The number of aromatic nitrogens is 3. The molecule has 1 saturated heterocycles. The minimum atomic E-state index is -0.409. The first-order valence-electron chi connectivity index (χ1n) is 10.9. The fourth-order valence-corrected chi connectivity index (χ4v) is 4.92. The SMILES string of the molecule is O=C(Cc1csc(Nc2nc(=S)[nH]c3ccccc23)n1)N1CCN(c2ccc([N+](=O)[O-])cc2)CC1. The number of carbonyl (C=O) groups excluding carboxylic acids is 1. The van der Waals surface area contributed by atoms with Crippen molar-refractivity contribution in [3.63, 3.8) is 0 Å². The summed E-state index contributed by atoms with van der Waals surface area (Å²) in [7, 11) is 0. The van der Waals surface area contributed by atoms with Crippen LogP contribution in [0, 0.1) is 14.9 Å². The smallest absolute Gasteiger partial charge is 0.269 e. The summed E-state index contributed by atoms with van der Waals surface area (Å²) in [4.78, 5) is 39.3. The van der Waals surface area contributed by atoms with Crippen LogP contribution >= 0.6 is 23.6 Å². The maximum Gasteiger partial charge on any atom is 0.269 e. The molecule has 3 heterocycles. The van der Waals surface area contributed by atoms with Crippen molar-refractivity contribution in [2.24, 2.45) is 0 Å². The number of carbonyl (C=O) groups is 1. The number of nitrogens with zero attached hydrogens (tertiary/aromatic N) is 5. The molecule has 0 aliphatic carbocycles. The van der Waals surface area contributed by atoms with Gasteiger partial charge in [-0.1, -0.05) is 12.1 Å². The lowest BCUT2D eigenvalue weighted by molar-refractivity contribution is -0.384. The number of hydrogen-bond donors (Lipinski definition) is 2. The average molecular weight is 508 g/mol. The predicted octanol–water partition coefficient (Wildman–Crippen LogP) is 4.29. The Kier molecular flexibility index (Phi) is 6.38. The van der Waals surface area contributed by atoms with Crippen molar-refractivity contribution in [2.45, 2.75) is 6.42 Å². The number of amides is 1. The summed E-state index contributed by atoms with van der Waals surface area (Å²) >= 11 is 6.64. The van der Waals surface area contributed by atoms with Gasteiger partial charge in [-0.2, -0.15) is 0 Å². The van der Waals surface area contributed by atoms with Gasteiger partial charge in [0.1, 0.15) is 5.82 Å². The zero-order valence-electron chi connectivity index (χ0n) is 18.5. The van der Waals surface area contributed by atoms with Gasteiger partial charge >= 0.3 is 0 Å². The summed E-state index contributed by atoms with van der Waals surface area (Å²) in [5, 5.41) is 17.5. The average Bonchev–Trinajstić information content (AvgIpc) is 3.30. The van der Waals surface area contributed by atoms with Crippen molar-refractivity contribution in [3.8, 4) is 0 Å². The fourth-order valence-electron chi connectivity index (χ4n) is 4.01. The van der Waals surface area contributed by atoms with Crippen LogP contribution in [-0.2, 0) is 11.2 Å². The summed E-state index contributed by atoms with van der Waals surface area (Å²) in [6.07, 6.45) is 0.221. The molecule has 0 saturated carbocycles. The molecule has 1 amide bonds. The third kappa shape index (κ3) is 5.12. The standard InChI is InChI=1S/C23H21N7O3S2/c31-20(29-11-9-28(10-12-29)16-5-7-17(8-6-16)30(32)33)13-15-14-35-23(24-15)27-21-18-3-1-2-4-19(18)25-22(34)26-21/h1-8,14H,9-13H2,(H2,24,25,26,27,34). The topological polar surface area (TPSA) is 120 Å². The van der Waals surface area contributed by atoms with Crippen molar-refractivity contribution in [2.75, 3.05) is 36.4 Å². The summed E-state index contributed by atoms with van der Waals surface area (Å²) < 4.78 is 0.381. The van der Waals surface area contributed by atoms with E-state index < -0.39 is 4.92 Å². The number of aromatic amines is 1. The van der Waals surface area contributed by atoms with E-state index in [2.05, 4.69) is 25.2 Å². The normalized spacial score (nSPS) is 13.7. The molecule has 1 aliphatic heterocycles. The van der Waals surface area contributed by atoms with Crippen LogP contribution < -0.4 is 10.2 Å². The maximum atomic E-state index is 12.9. The molecule has 0 spiro atoms. The van der Waals surface area contributed by atoms with Gasteiger partial charge in [-0.25, -0.2) is 9.97 Å². The molecule has 35 heavy (non-hydrogen) atoms. The molecular formula is C23H21N7O3S2. The van der Waals surface area contributed by atoms with E-state index in [1.807, 2.05) is 34.5 Å². The van der Waals surface area contributed by atoms with Crippen molar-refractivity contribution in [1.82, 2.24) is 19.9 Å². The Bertz CT molecular complexity index is 1440. The van der Waals surface area contributed by atoms with Crippen molar-refractivity contribution >= 4 is 62.7 Å². The molecule has 2 aromatic carbocycles. The largest absolute Gasteiger partial charge is 0.368 e. The predicted molar refractivity (Wildman–Crippen MR) is 138 cm³/mol. The van der Waals surface area contributed by atoms with E-state index in [0.29, 0.717) is 47.6 Å². The zero-order chi connectivity index (χ0) is 24.4. The van der Waals surface area contributed by atoms with Crippen molar-refractivity contribution in [1.29, 1.82) is 0 Å². The molecule has 0 atom stereocenters. The van der Waals surface area contributed by atoms with Crippen LogP contribution in [0.25, 0.3) is 10.9 Å². The molecule has 10 nitrogen and oxygen atoms in total. The number of nitro benzene ring substituents is 1. The number of thiazole rings is 1. The second kappa shape index (κ2) is 9.76. The lowest BCUT2D eigenvalue weighted by Crippen LogP contribution is -2.49. The number of anilines is 3. The molecule has 2 aromatic heterocycles. The van der Waals surface area contributed by atoms with Crippen LogP contribution in [0.3, 0.4) is 0 Å². The molecule has 0 unspecified atom stereocenters. The molecule has 0 radical (unpaired) electrons. The second-order valence-electron chi connectivity index (χ2n) is 8.02. The highest BCUT2D eigenvalue weighted by atomic mass is 32.1. The van der Waals surface area contributed by atoms with Gasteiger partial charge in [0, 0.05) is 54.8 Å². The van der Waals surface area contributed by atoms with Gasteiger partial charge in [-0.05, 0) is 36.5 Å². The molecule has 0 bridgehead atoms. The summed E-state index contributed by atoms with van der Waals surface area (Å²) in [5.74, 6) is 0.648. The van der Waals surface area contributed by atoms with E-state index in [-0.39, 0.29) is 18.0 Å². The highest BCUT2D eigenvalue weighted by Gasteiger charge is 2.22. The van der Waals surface area contributed by atoms with E-state index in [1.54, 1.807) is 12.1 Å². The van der Waals surface area contributed by atoms with Crippen LogP contribution in [0.5, 0.6) is 0 Å². The highest BCUT2D eigenvalue weighted by molar-refractivity contribution is 7.71. The molecule has 4 aromatic rings. The minimum Gasteiger partial charge on any atom is -0.368 e. The summed E-state index contributed by atoms with van der Waals surface area (Å²) in [6.45, 7) is 2.51. The lowest BCUT2D eigenvalue weighted by atomic mass is 10.2. The van der Waals surface area contributed by atoms with Gasteiger partial charge in [0.05, 0.1) is 22.6 Å². The molecular weight excluding hydrogens is 486 g/mol. The number of H-pyrrole nitrogens is 1. The van der Waals surface area contributed by atoms with Crippen molar-refractivity contribution < 1.29 is 9.72 Å². The van der Waals surface area contributed by atoms with E-state index in [4.69, 9.17) is 12.2 Å². The Balaban J connectivity index is 1.19. The van der Waals surface area contributed by atoms with Gasteiger partial charge < -0.3 is 20.1 Å². The number of hydrogen-bond acceptors (Lipinski definition) is 9. The third-order valence-electron chi connectivity index (χ3n) is 5.80. The van der Waals surface area contributed by atoms with Gasteiger partial charge in [0.25, 0.3) is 5.69 Å². The van der Waals surface area contributed by atoms with E-state index >= 15 is 0 Å². The quantitative estimate of drug-likeness (QED) is 0.225. The first-order valence-corrected chi connectivity index (χ1v) is 12.2. The van der Waals surface area contributed by atoms with Gasteiger partial charge in [-0.3, -0.25) is 14.9 Å². The number of rotatable bonds is 6. The zero-order valence-corrected chi connectivity index (χ0v) is 20.1. The molecule has 12 heteroatoms. The second-order valence-corrected chi connectivity index (χ2v) is 9.27. The van der Waals surface area contributed by atoms with Gasteiger partial charge in [0.2, 0.25) is 5.91 Å². The van der Waals surface area contributed by atoms with Crippen molar-refractivity contribution in [3.05, 3.63) is 74.5 Å². The van der Waals surface area contributed by atoms with Gasteiger partial charge in [0.15, 0.2) is 9.90 Å². The lowest BCUT2D eigenvalue weighted by Gasteiger charge is -2.36. The minimum absolute atomic E-state index is 0.0240. The number of para-hydroxylation sites is 1. The van der Waals surface area contributed by atoms with Crippen LogP contribution in [0.4, 0.5) is 22.3 Å². The third-order valence-corrected chi connectivity index (χ3v) is 6.80. The number of nitrogens with one attached hydrogen (secondary N) is 2. The van der Waals surface area contributed by atoms with Crippen LogP contribution in [0.15, 0.2) is 53.9 Å². The first kappa shape index (κ1) is 22.9. The van der Waals surface area contributed by atoms with Crippen LogP contribution in [0.2, 0.25) is 0 Å². The van der Waals surface area contributed by atoms with E-state index in [9.17, 15) is 14.9 Å². The Morgan fingerprint density at radius 2 is 1.86 bits per heavy atom. The maximum absolute atomic E-state index is 12.9. The number of piperazine rings is 1. The van der Waals surface area contributed by atoms with Crippen LogP contribution in [0.1, 0.15) is 5.69 Å². The number of nitro groups is 1. The monoisotopic (exact) mass is 507 g/mol. The fraction of sp³-hybridized carbons (Fsp3) is 0.217. The number of non-ortho nitro benzene ring substituents is 1. The summed E-state index contributed by atoms with van der Waals surface area (Å²) in [5.41, 5.74) is 2.57. The molecule has 5 rings (SSSR count). The Morgan fingerprint density at radius 1 is 1.11 bits per heavy atom. The Hall–Kier alpha value is -3.90. The van der Waals surface area contributed by atoms with E-state index in [1.165, 1.54) is 23.5 Å². The summed E-state index contributed by atoms with van der Waals surface area (Å²) in [6, 6.07) is 14.2. The molecule has 178 valence electrons. The molecule has 1 fully saturated rings. The Morgan fingerprint density at radius 3 is 2.60 bits per heavy atom. The number of benzene rings is 2. The van der Waals surface area contributed by atoms with E-state index in [0.717, 1.165) is 16.6 Å². The first-order chi connectivity index (χ1) is 17.0. The molecule has 1 aliphatic rings. The Labute approximate surface area is 209 Å². The van der Waals surface area contributed by atoms with Gasteiger partial charge in [-0.15, -0.1) is 11.3 Å². The highest BCUT2D eigenvalue weighted by Crippen LogP contribution is 2.26. The van der Waals surface area contributed by atoms with Crippen LogP contribution in [-0.4, -0.2) is 56.9 Å².